The highest BCUT2D eigenvalue weighted by Gasteiger charge is 2.24. The van der Waals surface area contributed by atoms with Crippen molar-refractivity contribution >= 4 is 11.8 Å². The Bertz CT molecular complexity index is 583. The predicted molar refractivity (Wildman–Crippen MR) is 106 cm³/mol. The summed E-state index contributed by atoms with van der Waals surface area (Å²) in [5, 5.41) is 15.9. The number of aryl methyl sites for hydroxylation is 1. The third-order valence-corrected chi connectivity index (χ3v) is 4.03. The fourth-order valence-corrected chi connectivity index (χ4v) is 2.57. The van der Waals surface area contributed by atoms with E-state index in [1.807, 2.05) is 34.7 Å². The van der Waals surface area contributed by atoms with E-state index in [9.17, 15) is 4.39 Å². The van der Waals surface area contributed by atoms with Crippen molar-refractivity contribution in [3.63, 3.8) is 0 Å². The third-order valence-electron chi connectivity index (χ3n) is 4.03. The van der Waals surface area contributed by atoms with Crippen LogP contribution in [0.3, 0.4) is 0 Å². The van der Waals surface area contributed by atoms with E-state index in [-0.39, 0.29) is 23.3 Å². The molecule has 1 aliphatic rings. The number of hydrogen-bond acceptors (Lipinski definition) is 5. The minimum atomic E-state index is -0.542. The average molecular weight is 368 g/mol. The Morgan fingerprint density at radius 1 is 1.12 bits per heavy atom. The maximum Gasteiger partial charge on any atom is 0.223 e. The van der Waals surface area contributed by atoms with Crippen LogP contribution in [0.15, 0.2) is 12.1 Å². The van der Waals surface area contributed by atoms with Crippen LogP contribution in [0.25, 0.3) is 0 Å². The van der Waals surface area contributed by atoms with E-state index in [1.54, 1.807) is 6.92 Å². The Labute approximate surface area is 157 Å². The topological polar surface area (TPSA) is 69.4 Å². The summed E-state index contributed by atoms with van der Waals surface area (Å²) in [7, 11) is 3.53. The molecule has 0 bridgehead atoms. The lowest BCUT2D eigenvalue weighted by Gasteiger charge is -2.28. The molecule has 0 radical (unpaired) electrons. The van der Waals surface area contributed by atoms with E-state index in [2.05, 4.69) is 4.90 Å². The van der Waals surface area contributed by atoms with Gasteiger partial charge in [-0.15, -0.1) is 0 Å². The third kappa shape index (κ3) is 6.75. The van der Waals surface area contributed by atoms with Gasteiger partial charge in [0.2, 0.25) is 5.90 Å². The summed E-state index contributed by atoms with van der Waals surface area (Å²) < 4.78 is 24.4. The van der Waals surface area contributed by atoms with Crippen molar-refractivity contribution in [3.8, 4) is 5.75 Å². The molecule has 0 saturated carbocycles. The number of likely N-dealkylation sites (tertiary alicyclic amines) is 1. The van der Waals surface area contributed by atoms with Crippen LogP contribution in [0.5, 0.6) is 5.75 Å². The standard InChI is InChI=1S/C16H22FN3O2.2C2H6/c1-10-8-13(17)12(9-14(10)21-3)16(19)22-15(18)11-4-6-20(2)7-5-11;2*1-2/h8-9,11,18-19H,4-7H2,1-3H3;2*1-2H3. The van der Waals surface area contributed by atoms with Crippen LogP contribution in [0, 0.1) is 29.5 Å². The Morgan fingerprint density at radius 3 is 2.15 bits per heavy atom. The second-order valence-electron chi connectivity index (χ2n) is 5.67. The first-order chi connectivity index (χ1) is 12.4. The van der Waals surface area contributed by atoms with Crippen molar-refractivity contribution in [1.82, 2.24) is 4.90 Å². The average Bonchev–Trinajstić information content (AvgIpc) is 2.65. The zero-order chi connectivity index (χ0) is 20.3. The summed E-state index contributed by atoms with van der Waals surface area (Å²) in [5.41, 5.74) is 0.669. The van der Waals surface area contributed by atoms with Crippen LogP contribution < -0.4 is 4.74 Å². The quantitative estimate of drug-likeness (QED) is 0.592. The van der Waals surface area contributed by atoms with Crippen LogP contribution in [0.1, 0.15) is 51.7 Å². The first-order valence-corrected chi connectivity index (χ1v) is 9.30. The molecule has 1 fully saturated rings. The first-order valence-electron chi connectivity index (χ1n) is 9.30. The van der Waals surface area contributed by atoms with Gasteiger partial charge in [0.05, 0.1) is 12.7 Å². The van der Waals surface area contributed by atoms with Crippen LogP contribution in [0.4, 0.5) is 4.39 Å². The van der Waals surface area contributed by atoms with E-state index in [0.29, 0.717) is 11.3 Å². The maximum absolute atomic E-state index is 14.0. The number of halogens is 1. The lowest BCUT2D eigenvalue weighted by molar-refractivity contribution is 0.240. The molecule has 26 heavy (non-hydrogen) atoms. The van der Waals surface area contributed by atoms with E-state index < -0.39 is 5.82 Å². The van der Waals surface area contributed by atoms with Gasteiger partial charge in [0.25, 0.3) is 0 Å². The number of methoxy groups -OCH3 is 1. The molecular formula is C20H34FN3O2. The molecule has 148 valence electrons. The Kier molecular flexibility index (Phi) is 11.5. The highest BCUT2D eigenvalue weighted by Crippen LogP contribution is 2.24. The number of nitrogens with one attached hydrogen (secondary N) is 2. The van der Waals surface area contributed by atoms with Gasteiger partial charge in [-0.2, -0.15) is 0 Å². The Morgan fingerprint density at radius 2 is 1.65 bits per heavy atom. The Balaban J connectivity index is 0.00000146. The zero-order valence-electron chi connectivity index (χ0n) is 17.2. The Hall–Kier alpha value is -1.95. The highest BCUT2D eigenvalue weighted by molar-refractivity contribution is 6.00. The molecule has 2 rings (SSSR count). The van der Waals surface area contributed by atoms with Gasteiger partial charge in [-0.3, -0.25) is 10.8 Å². The minimum absolute atomic E-state index is 0.00745. The molecule has 2 N–H and O–H groups in total. The summed E-state index contributed by atoms with van der Waals surface area (Å²) in [6.07, 6.45) is 1.64. The van der Waals surface area contributed by atoms with Crippen molar-refractivity contribution in [2.75, 3.05) is 27.2 Å². The number of nitrogens with zero attached hydrogens (tertiary/aromatic N) is 1. The summed E-state index contributed by atoms with van der Waals surface area (Å²) in [6, 6.07) is 2.75. The van der Waals surface area contributed by atoms with Crippen molar-refractivity contribution in [3.05, 3.63) is 29.1 Å². The summed E-state index contributed by atoms with van der Waals surface area (Å²) in [6.45, 7) is 11.5. The van der Waals surface area contributed by atoms with Crippen molar-refractivity contribution < 1.29 is 13.9 Å². The molecular weight excluding hydrogens is 333 g/mol. The molecule has 1 heterocycles. The largest absolute Gasteiger partial charge is 0.496 e. The molecule has 0 aromatic heterocycles. The smallest absolute Gasteiger partial charge is 0.223 e. The molecule has 1 aromatic rings. The van der Waals surface area contributed by atoms with Gasteiger partial charge in [0.15, 0.2) is 5.90 Å². The molecule has 0 unspecified atom stereocenters. The molecule has 1 saturated heterocycles. The van der Waals surface area contributed by atoms with E-state index in [1.165, 1.54) is 19.2 Å². The number of hydrogen-bond donors (Lipinski definition) is 2. The number of benzene rings is 1. The van der Waals surface area contributed by atoms with Gasteiger partial charge >= 0.3 is 0 Å². The van der Waals surface area contributed by atoms with Gasteiger partial charge in [-0.25, -0.2) is 4.39 Å². The molecule has 0 aliphatic carbocycles. The van der Waals surface area contributed by atoms with Crippen molar-refractivity contribution in [2.24, 2.45) is 5.92 Å². The fraction of sp³-hybridized carbons (Fsp3) is 0.600. The van der Waals surface area contributed by atoms with Crippen LogP contribution in [-0.2, 0) is 4.74 Å². The molecule has 0 amide bonds. The molecule has 1 aromatic carbocycles. The van der Waals surface area contributed by atoms with E-state index in [4.69, 9.17) is 20.3 Å². The second-order valence-corrected chi connectivity index (χ2v) is 5.67. The molecule has 5 nitrogen and oxygen atoms in total. The summed E-state index contributed by atoms with van der Waals surface area (Å²) in [4.78, 5) is 2.19. The monoisotopic (exact) mass is 367 g/mol. The minimum Gasteiger partial charge on any atom is -0.496 e. The van der Waals surface area contributed by atoms with E-state index in [0.717, 1.165) is 25.9 Å². The SMILES string of the molecule is CC.CC.COc1cc(C(=N)OC(=N)C2CCN(C)CC2)c(F)cc1C. The lowest BCUT2D eigenvalue weighted by atomic mass is 9.97. The van der Waals surface area contributed by atoms with Crippen LogP contribution in [-0.4, -0.2) is 43.9 Å². The van der Waals surface area contributed by atoms with Crippen molar-refractivity contribution in [2.45, 2.75) is 47.5 Å². The summed E-state index contributed by atoms with van der Waals surface area (Å²) >= 11 is 0. The molecule has 0 atom stereocenters. The van der Waals surface area contributed by atoms with Gasteiger partial charge in [0, 0.05) is 5.92 Å². The normalized spacial score (nSPS) is 14.3. The maximum atomic E-state index is 14.0. The molecule has 1 aliphatic heterocycles. The number of rotatable bonds is 3. The van der Waals surface area contributed by atoms with Gasteiger partial charge in [-0.1, -0.05) is 27.7 Å². The van der Waals surface area contributed by atoms with Crippen LogP contribution in [0.2, 0.25) is 0 Å². The van der Waals surface area contributed by atoms with Crippen molar-refractivity contribution in [1.29, 1.82) is 10.8 Å². The van der Waals surface area contributed by atoms with Gasteiger partial charge < -0.3 is 14.4 Å². The lowest BCUT2D eigenvalue weighted by Crippen LogP contribution is -2.34. The molecule has 6 heteroatoms. The summed E-state index contributed by atoms with van der Waals surface area (Å²) in [5.74, 6) is -0.362. The number of piperidine rings is 1. The first kappa shape index (κ1) is 24.1. The molecule has 0 spiro atoms. The highest BCUT2D eigenvalue weighted by atomic mass is 19.1. The van der Waals surface area contributed by atoms with E-state index >= 15 is 0 Å². The fourth-order valence-electron chi connectivity index (χ4n) is 2.57. The zero-order valence-corrected chi connectivity index (χ0v) is 17.2. The van der Waals surface area contributed by atoms with Gasteiger partial charge in [-0.05, 0) is 57.6 Å². The van der Waals surface area contributed by atoms with Gasteiger partial charge in [0.1, 0.15) is 11.6 Å². The van der Waals surface area contributed by atoms with Crippen LogP contribution >= 0.6 is 0 Å². The number of ether oxygens (including phenoxy) is 2. The predicted octanol–water partition coefficient (Wildman–Crippen LogP) is 4.86. The second kappa shape index (κ2) is 12.4.